The lowest BCUT2D eigenvalue weighted by molar-refractivity contribution is -0.136. The van der Waals surface area contributed by atoms with Gasteiger partial charge in [-0.15, -0.1) is 0 Å². The first kappa shape index (κ1) is 56.0. The molecule has 0 bridgehead atoms. The number of nitrogens with zero attached hydrogens (tertiary/aromatic N) is 1. The third-order valence-corrected chi connectivity index (χ3v) is 12.6. The monoisotopic (exact) mass is 980 g/mol. The zero-order valence-electron chi connectivity index (χ0n) is 42.7. The molecule has 2 saturated heterocycles. The first-order valence-corrected chi connectivity index (χ1v) is 25.3. The van der Waals surface area contributed by atoms with Gasteiger partial charge < -0.3 is 41.4 Å². The molecule has 16 heteroatoms. The number of amides is 6. The van der Waals surface area contributed by atoms with E-state index in [0.717, 1.165) is 16.7 Å². The van der Waals surface area contributed by atoms with Crippen molar-refractivity contribution < 1.29 is 43.0 Å². The molecule has 6 amide bonds. The molecule has 0 aromatic heterocycles. The fraction of sp³-hybridized carbons (Fsp3) is 0.545. The molecule has 0 aliphatic carbocycles. The molecule has 16 nitrogen and oxygen atoms in total. The van der Waals surface area contributed by atoms with Crippen LogP contribution in [0.5, 0.6) is 0 Å². The zero-order chi connectivity index (χ0) is 51.5. The van der Waals surface area contributed by atoms with Gasteiger partial charge in [0.2, 0.25) is 35.4 Å². The van der Waals surface area contributed by atoms with Crippen LogP contribution in [0.15, 0.2) is 91.0 Å². The summed E-state index contributed by atoms with van der Waals surface area (Å²) in [6.45, 7) is 15.8. The summed E-state index contributed by atoms with van der Waals surface area (Å²) in [6, 6.07) is 21.6. The lowest BCUT2D eigenvalue weighted by Crippen LogP contribution is -2.60. The van der Waals surface area contributed by atoms with E-state index < -0.39 is 71.4 Å². The number of nitrogens with one attached hydrogen (secondary N) is 6. The second-order valence-electron chi connectivity index (χ2n) is 20.5. The van der Waals surface area contributed by atoms with Crippen molar-refractivity contribution >= 4 is 41.2 Å². The maximum absolute atomic E-state index is 14.6. The molecule has 0 saturated carbocycles. The molecule has 2 aliphatic rings. The van der Waals surface area contributed by atoms with Crippen LogP contribution in [0.4, 0.5) is 0 Å². The van der Waals surface area contributed by atoms with E-state index in [0.29, 0.717) is 39.1 Å². The fourth-order valence-corrected chi connectivity index (χ4v) is 8.63. The number of carbonyl (C=O) groups excluding carboxylic acids is 7. The van der Waals surface area contributed by atoms with Gasteiger partial charge in [-0.3, -0.25) is 38.5 Å². The minimum absolute atomic E-state index is 0.0566. The minimum atomic E-state index is -1.20. The van der Waals surface area contributed by atoms with E-state index in [2.05, 4.69) is 31.9 Å². The van der Waals surface area contributed by atoms with E-state index in [1.165, 1.54) is 0 Å². The topological polar surface area (TPSA) is 217 Å². The molecular formula is C55H77N7O9. The van der Waals surface area contributed by atoms with Gasteiger partial charge in [0, 0.05) is 25.9 Å². The van der Waals surface area contributed by atoms with Gasteiger partial charge in [-0.05, 0) is 73.5 Å². The van der Waals surface area contributed by atoms with Gasteiger partial charge in [0.1, 0.15) is 35.8 Å². The van der Waals surface area contributed by atoms with E-state index in [1.54, 1.807) is 6.92 Å². The van der Waals surface area contributed by atoms with E-state index in [1.807, 2.05) is 137 Å². The molecule has 0 spiro atoms. The maximum atomic E-state index is 14.6. The Morgan fingerprint density at radius 1 is 0.507 bits per heavy atom. The third-order valence-electron chi connectivity index (χ3n) is 12.6. The van der Waals surface area contributed by atoms with Crippen molar-refractivity contribution in [3.63, 3.8) is 0 Å². The Morgan fingerprint density at radius 2 is 0.873 bits per heavy atom. The van der Waals surface area contributed by atoms with Gasteiger partial charge in [-0.2, -0.15) is 0 Å². The van der Waals surface area contributed by atoms with Crippen LogP contribution in [0.1, 0.15) is 90.8 Å². The number of ketones is 1. The summed E-state index contributed by atoms with van der Waals surface area (Å²) in [5.74, 6) is -3.56. The van der Waals surface area contributed by atoms with E-state index in [4.69, 9.17) is 9.47 Å². The second kappa shape index (κ2) is 27.6. The normalized spacial score (nSPS) is 18.3. The van der Waals surface area contributed by atoms with Crippen LogP contribution in [-0.2, 0) is 62.3 Å². The molecule has 3 aromatic rings. The average molecular weight is 980 g/mol. The molecule has 2 heterocycles. The number of rotatable bonds is 28. The maximum Gasteiger partial charge on any atom is 0.243 e. The van der Waals surface area contributed by atoms with E-state index in [-0.39, 0.29) is 74.7 Å². The van der Waals surface area contributed by atoms with Crippen molar-refractivity contribution in [3.05, 3.63) is 108 Å². The van der Waals surface area contributed by atoms with Crippen molar-refractivity contribution in [2.75, 3.05) is 39.5 Å². The number of carbonyl (C=O) groups is 7. The Hall–Kier alpha value is -5.97. The van der Waals surface area contributed by atoms with Crippen molar-refractivity contribution in [2.24, 2.45) is 17.8 Å². The van der Waals surface area contributed by atoms with Crippen LogP contribution >= 0.6 is 0 Å². The SMILES string of the molecule is CC(C)CC(NC(=O)C(CCc1ccccc1)NC(=O)CN1CCOCC1)C(=O)NC(Cc1ccccc1)C(=O)NC(CC(C)C)C(=O)NC(Cc1ccccc1)C(=O)NC(CC(C)C)C(=O)[C@@]1(C)CO1. The molecule has 6 N–H and O–H groups in total. The first-order valence-electron chi connectivity index (χ1n) is 25.3. The van der Waals surface area contributed by atoms with E-state index >= 15 is 0 Å². The Kier molecular flexibility index (Phi) is 21.7. The molecule has 7 atom stereocenters. The highest BCUT2D eigenvalue weighted by Gasteiger charge is 2.50. The fourth-order valence-electron chi connectivity index (χ4n) is 8.63. The molecule has 2 aliphatic heterocycles. The van der Waals surface area contributed by atoms with Crippen LogP contribution < -0.4 is 31.9 Å². The second-order valence-corrected chi connectivity index (χ2v) is 20.5. The predicted molar refractivity (Wildman–Crippen MR) is 272 cm³/mol. The van der Waals surface area contributed by atoms with Gasteiger partial charge in [0.05, 0.1) is 32.4 Å². The number of benzene rings is 3. The third kappa shape index (κ3) is 18.9. The summed E-state index contributed by atoms with van der Waals surface area (Å²) >= 11 is 0. The number of hydrogen-bond donors (Lipinski definition) is 6. The number of morpholine rings is 1. The molecule has 5 rings (SSSR count). The van der Waals surface area contributed by atoms with Crippen molar-refractivity contribution in [3.8, 4) is 0 Å². The van der Waals surface area contributed by atoms with Crippen molar-refractivity contribution in [2.45, 2.75) is 135 Å². The Balaban J connectivity index is 1.36. The Bertz CT molecular complexity index is 2200. The van der Waals surface area contributed by atoms with Gasteiger partial charge in [-0.1, -0.05) is 133 Å². The van der Waals surface area contributed by atoms with Gasteiger partial charge in [0.15, 0.2) is 5.78 Å². The van der Waals surface area contributed by atoms with Gasteiger partial charge in [-0.25, -0.2) is 0 Å². The first-order chi connectivity index (χ1) is 33.9. The summed E-state index contributed by atoms with van der Waals surface area (Å²) in [4.78, 5) is 101. The number of aryl methyl sites for hydroxylation is 1. The summed E-state index contributed by atoms with van der Waals surface area (Å²) in [7, 11) is 0. The van der Waals surface area contributed by atoms with Crippen LogP contribution in [0.2, 0.25) is 0 Å². The molecule has 3 aromatic carbocycles. The lowest BCUT2D eigenvalue weighted by Gasteiger charge is -2.29. The standard InChI is InChI=1S/C55H77N7O9/c1-36(2)29-43(49(64)55(7)35-71-55)57-53(68)46(32-40-19-13-9-14-20-40)60-52(67)45(31-38(5)6)59-54(69)47(33-41-21-15-10-16-22-41)61-51(66)44(30-37(3)4)58-50(65)42(24-23-39-17-11-8-12-18-39)56-48(63)34-62-25-27-70-28-26-62/h8-22,36-38,42-47H,23-35H2,1-7H3,(H,56,63)(H,57,68)(H,58,65)(H,59,69)(H,60,67)(H,61,66)/t42?,43?,44?,45?,46?,47?,55-/m1/s1. The number of Topliss-reactive ketones (excluding diaryl/α,β-unsaturated/α-hetero) is 1. The minimum Gasteiger partial charge on any atom is -0.379 e. The number of hydrogen-bond acceptors (Lipinski definition) is 10. The van der Waals surface area contributed by atoms with Gasteiger partial charge in [0.25, 0.3) is 0 Å². The summed E-state index contributed by atoms with van der Waals surface area (Å²) in [5, 5.41) is 17.5. The summed E-state index contributed by atoms with van der Waals surface area (Å²) in [5.41, 5.74) is 1.52. The zero-order valence-corrected chi connectivity index (χ0v) is 42.7. The Labute approximate surface area is 419 Å². The molecule has 386 valence electrons. The highest BCUT2D eigenvalue weighted by atomic mass is 16.6. The molecular weight excluding hydrogens is 903 g/mol. The predicted octanol–water partition coefficient (Wildman–Crippen LogP) is 3.84. The summed E-state index contributed by atoms with van der Waals surface area (Å²) < 4.78 is 10.9. The molecule has 6 unspecified atom stereocenters. The Morgan fingerprint density at radius 3 is 1.30 bits per heavy atom. The number of ether oxygens (including phenoxy) is 2. The number of epoxide rings is 1. The molecule has 71 heavy (non-hydrogen) atoms. The van der Waals surface area contributed by atoms with Gasteiger partial charge >= 0.3 is 0 Å². The van der Waals surface area contributed by atoms with Crippen LogP contribution in [0, 0.1) is 17.8 Å². The average Bonchev–Trinajstić information content (AvgIpc) is 4.10. The lowest BCUT2D eigenvalue weighted by atomic mass is 9.93. The molecule has 2 fully saturated rings. The van der Waals surface area contributed by atoms with Crippen molar-refractivity contribution in [1.29, 1.82) is 0 Å². The van der Waals surface area contributed by atoms with Crippen LogP contribution in [0.3, 0.4) is 0 Å². The summed E-state index contributed by atoms with van der Waals surface area (Å²) in [6.07, 6.45) is 1.73. The van der Waals surface area contributed by atoms with Crippen LogP contribution in [0.25, 0.3) is 0 Å². The highest BCUT2D eigenvalue weighted by Crippen LogP contribution is 2.30. The van der Waals surface area contributed by atoms with Crippen molar-refractivity contribution in [1.82, 2.24) is 36.8 Å². The smallest absolute Gasteiger partial charge is 0.243 e. The largest absolute Gasteiger partial charge is 0.379 e. The van der Waals surface area contributed by atoms with Crippen LogP contribution in [-0.4, -0.2) is 127 Å². The quantitative estimate of drug-likeness (QED) is 0.0579. The van der Waals surface area contributed by atoms with E-state index in [9.17, 15) is 33.6 Å². The highest BCUT2D eigenvalue weighted by molar-refractivity contribution is 5.99. The molecule has 0 radical (unpaired) electrons.